The van der Waals surface area contributed by atoms with Crippen LogP contribution in [0.15, 0.2) is 33.9 Å². The maximum atomic E-state index is 13.1. The summed E-state index contributed by atoms with van der Waals surface area (Å²) in [5, 5.41) is 21.3. The first-order valence-corrected chi connectivity index (χ1v) is 9.57. The fourth-order valence-electron chi connectivity index (χ4n) is 5.37. The minimum absolute atomic E-state index is 0.287. The molecule has 2 N–H and O–H groups in total. The Morgan fingerprint density at radius 2 is 1.85 bits per heavy atom. The molecule has 0 amide bonds. The summed E-state index contributed by atoms with van der Waals surface area (Å²) in [5.41, 5.74) is 0.407. The first kappa shape index (κ1) is 18.6. The van der Waals surface area contributed by atoms with Crippen molar-refractivity contribution in [3.63, 3.8) is 0 Å². The van der Waals surface area contributed by atoms with E-state index in [0.29, 0.717) is 37.4 Å². The van der Waals surface area contributed by atoms with E-state index in [-0.39, 0.29) is 5.78 Å². The number of aliphatic carboxylic acids is 1. The highest BCUT2D eigenvalue weighted by molar-refractivity contribution is 6.11. The van der Waals surface area contributed by atoms with Gasteiger partial charge in [0.15, 0.2) is 5.78 Å². The van der Waals surface area contributed by atoms with Crippen molar-refractivity contribution in [1.29, 1.82) is 0 Å². The average Bonchev–Trinajstić information content (AvgIpc) is 3.38. The molecule has 0 aromatic carbocycles. The van der Waals surface area contributed by atoms with E-state index in [9.17, 15) is 19.8 Å². The second kappa shape index (κ2) is 5.63. The van der Waals surface area contributed by atoms with Gasteiger partial charge < -0.3 is 14.9 Å². The number of hydrogen-bond donors (Lipinski definition) is 2. The molecule has 1 heterocycles. The number of rotatable bonds is 3. The molecule has 0 aromatic heterocycles. The van der Waals surface area contributed by atoms with E-state index >= 15 is 0 Å². The Kier molecular flexibility index (Phi) is 3.87. The van der Waals surface area contributed by atoms with Gasteiger partial charge in [0.05, 0.1) is 13.2 Å². The van der Waals surface area contributed by atoms with Crippen molar-refractivity contribution in [2.45, 2.75) is 51.7 Å². The number of carboxylic acids is 1. The van der Waals surface area contributed by atoms with Gasteiger partial charge in [-0.15, -0.1) is 0 Å². The summed E-state index contributed by atoms with van der Waals surface area (Å²) in [7, 11) is 0. The number of ketones is 1. The molecule has 1 saturated carbocycles. The normalized spacial score (nSPS) is 32.5. The van der Waals surface area contributed by atoms with E-state index in [0.717, 1.165) is 29.6 Å². The summed E-state index contributed by atoms with van der Waals surface area (Å²) in [6.07, 6.45) is 3.27. The predicted molar refractivity (Wildman–Crippen MR) is 99.2 cm³/mol. The number of morpholine rings is 1. The van der Waals surface area contributed by atoms with Crippen molar-refractivity contribution in [1.82, 2.24) is 4.90 Å². The second-order valence-electron chi connectivity index (χ2n) is 8.58. The van der Waals surface area contributed by atoms with Crippen LogP contribution in [0.1, 0.15) is 40.5 Å². The number of aliphatic hydroxyl groups is 1. The zero-order chi connectivity index (χ0) is 19.8. The molecule has 27 heavy (non-hydrogen) atoms. The summed E-state index contributed by atoms with van der Waals surface area (Å²) in [6.45, 7) is 9.19. The smallest absolute Gasteiger partial charge is 0.328 e. The van der Waals surface area contributed by atoms with Crippen molar-refractivity contribution in [2.24, 2.45) is 5.41 Å². The first-order valence-electron chi connectivity index (χ1n) is 9.57. The summed E-state index contributed by atoms with van der Waals surface area (Å²) in [4.78, 5) is 27.6. The largest absolute Gasteiger partial charge is 0.480 e. The van der Waals surface area contributed by atoms with Crippen LogP contribution in [0.25, 0.3) is 0 Å². The fraction of sp³-hybridized carbons (Fsp3) is 0.619. The molecule has 1 saturated heterocycles. The van der Waals surface area contributed by atoms with Crippen LogP contribution in [0.4, 0.5) is 0 Å². The molecule has 4 aliphatic rings. The van der Waals surface area contributed by atoms with Gasteiger partial charge in [-0.3, -0.25) is 9.69 Å². The number of fused-ring (bicyclic) bond motifs is 1. The van der Waals surface area contributed by atoms with Gasteiger partial charge in [0.1, 0.15) is 11.1 Å². The number of allylic oxidation sites excluding steroid dienone is 2. The monoisotopic (exact) mass is 373 g/mol. The van der Waals surface area contributed by atoms with Crippen LogP contribution in [0, 0.1) is 5.41 Å². The minimum atomic E-state index is -1.43. The standard InChI is InChI=1S/C21H27NO5/c1-12-11-14-15(13(2)21(5-6-21)20(4,26)17(14)23)16(12)19(3,18(24)25)22-7-9-27-10-8-22/h11,26H,5-10H2,1-4H3,(H,24,25)/t19-,20?/m1/s1. The van der Waals surface area contributed by atoms with Crippen molar-refractivity contribution >= 4 is 11.8 Å². The molecule has 1 aliphatic heterocycles. The van der Waals surface area contributed by atoms with Crippen LogP contribution in [-0.2, 0) is 14.3 Å². The predicted octanol–water partition coefficient (Wildman–Crippen LogP) is 1.85. The molecule has 2 fully saturated rings. The number of hydrogen-bond acceptors (Lipinski definition) is 5. The van der Waals surface area contributed by atoms with Gasteiger partial charge >= 0.3 is 5.97 Å². The minimum Gasteiger partial charge on any atom is -0.480 e. The summed E-state index contributed by atoms with van der Waals surface area (Å²) >= 11 is 0. The number of carbonyl (C=O) groups excluding carboxylic acids is 1. The van der Waals surface area contributed by atoms with Gasteiger partial charge in [0.25, 0.3) is 0 Å². The van der Waals surface area contributed by atoms with Gasteiger partial charge in [-0.25, -0.2) is 4.79 Å². The fourth-order valence-corrected chi connectivity index (χ4v) is 5.37. The molecule has 0 bridgehead atoms. The molecule has 6 nitrogen and oxygen atoms in total. The number of Topliss-reactive ketones (excluding diaryl/α,β-unsaturated/α-hetero) is 1. The third-order valence-corrected chi connectivity index (χ3v) is 7.28. The molecule has 1 unspecified atom stereocenters. The first-order chi connectivity index (χ1) is 12.6. The number of carboxylic acid groups (broad SMARTS) is 1. The van der Waals surface area contributed by atoms with Gasteiger partial charge in [-0.05, 0) is 63.3 Å². The van der Waals surface area contributed by atoms with E-state index in [1.165, 1.54) is 0 Å². The van der Waals surface area contributed by atoms with Gasteiger partial charge in [0, 0.05) is 24.1 Å². The zero-order valence-corrected chi connectivity index (χ0v) is 16.4. The molecular weight excluding hydrogens is 346 g/mol. The SMILES string of the molecule is CC1=C([C@](C)(C(=O)O)N2CCOCC2)C2=C(C)C3(CC3)C(C)(O)C(=O)C2=C1. The highest BCUT2D eigenvalue weighted by Gasteiger charge is 2.66. The molecule has 4 rings (SSSR count). The van der Waals surface area contributed by atoms with E-state index < -0.39 is 22.5 Å². The van der Waals surface area contributed by atoms with Crippen LogP contribution < -0.4 is 0 Å². The highest BCUT2D eigenvalue weighted by atomic mass is 16.5. The molecule has 6 heteroatoms. The van der Waals surface area contributed by atoms with Crippen LogP contribution in [0.3, 0.4) is 0 Å². The van der Waals surface area contributed by atoms with Crippen molar-refractivity contribution in [3.05, 3.63) is 33.9 Å². The van der Waals surface area contributed by atoms with Crippen LogP contribution in [0.2, 0.25) is 0 Å². The van der Waals surface area contributed by atoms with Gasteiger partial charge in [-0.2, -0.15) is 0 Å². The van der Waals surface area contributed by atoms with Crippen LogP contribution in [-0.4, -0.2) is 64.3 Å². The summed E-state index contributed by atoms with van der Waals surface area (Å²) < 4.78 is 5.42. The van der Waals surface area contributed by atoms with Crippen molar-refractivity contribution < 1.29 is 24.5 Å². The van der Waals surface area contributed by atoms with Crippen LogP contribution >= 0.6 is 0 Å². The zero-order valence-electron chi connectivity index (χ0n) is 16.4. The van der Waals surface area contributed by atoms with E-state index in [1.54, 1.807) is 19.9 Å². The highest BCUT2D eigenvalue weighted by Crippen LogP contribution is 2.65. The Morgan fingerprint density at radius 1 is 1.26 bits per heavy atom. The van der Waals surface area contributed by atoms with Gasteiger partial charge in [-0.1, -0.05) is 5.57 Å². The summed E-state index contributed by atoms with van der Waals surface area (Å²) in [6, 6.07) is 0. The van der Waals surface area contributed by atoms with Crippen LogP contribution in [0.5, 0.6) is 0 Å². The van der Waals surface area contributed by atoms with E-state index in [2.05, 4.69) is 0 Å². The lowest BCUT2D eigenvalue weighted by Gasteiger charge is -2.45. The Bertz CT molecular complexity index is 837. The third kappa shape index (κ3) is 2.18. The number of ether oxygens (including phenoxy) is 1. The topological polar surface area (TPSA) is 87.1 Å². The molecule has 146 valence electrons. The number of carbonyl (C=O) groups is 2. The van der Waals surface area contributed by atoms with Crippen molar-refractivity contribution in [2.75, 3.05) is 26.3 Å². The lowest BCUT2D eigenvalue weighted by Crippen LogP contribution is -2.58. The molecular formula is C21H27NO5. The lowest BCUT2D eigenvalue weighted by molar-refractivity contribution is -0.150. The molecule has 0 aromatic rings. The summed E-state index contributed by atoms with van der Waals surface area (Å²) in [5.74, 6) is -1.21. The quantitative estimate of drug-likeness (QED) is 0.785. The molecule has 1 spiro atoms. The molecule has 2 atom stereocenters. The Morgan fingerprint density at radius 3 is 2.37 bits per heavy atom. The number of nitrogens with zero attached hydrogens (tertiary/aromatic N) is 1. The van der Waals surface area contributed by atoms with E-state index in [1.807, 2.05) is 18.7 Å². The van der Waals surface area contributed by atoms with Gasteiger partial charge in [0.2, 0.25) is 0 Å². The Hall–Kier alpha value is -1.76. The Labute approximate surface area is 159 Å². The second-order valence-corrected chi connectivity index (χ2v) is 8.58. The van der Waals surface area contributed by atoms with Crippen molar-refractivity contribution in [3.8, 4) is 0 Å². The van der Waals surface area contributed by atoms with E-state index in [4.69, 9.17) is 4.74 Å². The molecule has 3 aliphatic carbocycles. The average molecular weight is 373 g/mol. The maximum absolute atomic E-state index is 13.1. The molecule has 0 radical (unpaired) electrons. The Balaban J connectivity index is 1.91. The maximum Gasteiger partial charge on any atom is 0.328 e. The third-order valence-electron chi connectivity index (χ3n) is 7.28. The lowest BCUT2D eigenvalue weighted by atomic mass is 9.65.